The van der Waals surface area contributed by atoms with E-state index in [4.69, 9.17) is 0 Å². The van der Waals surface area contributed by atoms with Crippen molar-refractivity contribution in [1.82, 2.24) is 5.43 Å². The summed E-state index contributed by atoms with van der Waals surface area (Å²) in [6.07, 6.45) is 1.57. The number of imide groups is 1. The largest absolute Gasteiger partial charge is 0.293 e. The first-order valence-corrected chi connectivity index (χ1v) is 13.6. The molecule has 1 fully saturated rings. The number of aryl methyl sites for hydroxylation is 1. The number of hydrogen-bond acceptors (Lipinski definition) is 6. The van der Waals surface area contributed by atoms with Crippen LogP contribution >= 0.6 is 0 Å². The van der Waals surface area contributed by atoms with Crippen LogP contribution in [0.1, 0.15) is 44.1 Å². The molecule has 9 heteroatoms. The Kier molecular flexibility index (Phi) is 5.65. The fourth-order valence-corrected chi connectivity index (χ4v) is 7.14. The van der Waals surface area contributed by atoms with Gasteiger partial charge in [-0.05, 0) is 47.4 Å². The van der Waals surface area contributed by atoms with Gasteiger partial charge in [0, 0.05) is 23.8 Å². The molecule has 9 nitrogen and oxygen atoms in total. The van der Waals surface area contributed by atoms with Crippen LogP contribution in [0.3, 0.4) is 0 Å². The third kappa shape index (κ3) is 3.43. The van der Waals surface area contributed by atoms with Crippen molar-refractivity contribution in [3.63, 3.8) is 0 Å². The van der Waals surface area contributed by atoms with Gasteiger partial charge in [0.25, 0.3) is 11.6 Å². The number of carbonyl (C=O) groups excluding carboxylic acids is 3. The van der Waals surface area contributed by atoms with E-state index in [2.05, 4.69) is 10.5 Å². The summed E-state index contributed by atoms with van der Waals surface area (Å²) < 4.78 is 0. The molecule has 2 atom stereocenters. The third-order valence-electron chi connectivity index (χ3n) is 8.72. The van der Waals surface area contributed by atoms with Crippen molar-refractivity contribution in [2.75, 3.05) is 4.90 Å². The average molecular weight is 557 g/mol. The highest BCUT2D eigenvalue weighted by atomic mass is 16.6. The number of nitrogens with one attached hydrogen (secondary N) is 1. The lowest BCUT2D eigenvalue weighted by Crippen LogP contribution is -2.54. The third-order valence-corrected chi connectivity index (χ3v) is 8.72. The molecule has 0 saturated carbocycles. The van der Waals surface area contributed by atoms with E-state index < -0.39 is 45.8 Å². The number of para-hydroxylation sites is 2. The SMILES string of the molecule is Cc1cccc(C(=O)N/N=C/C23c4ccccc4C(c4ccccc42)[C@H]2C(=O)N(c4ccccc4[N+](=O)[O-])C(=O)[C@H]23)c1. The molecule has 42 heavy (non-hydrogen) atoms. The maximum atomic E-state index is 14.4. The molecule has 1 aliphatic heterocycles. The van der Waals surface area contributed by atoms with Crippen LogP contribution in [-0.2, 0) is 15.0 Å². The molecule has 0 spiro atoms. The molecule has 1 N–H and O–H groups in total. The summed E-state index contributed by atoms with van der Waals surface area (Å²) in [5.74, 6) is -3.62. The monoisotopic (exact) mass is 556 g/mol. The van der Waals surface area contributed by atoms with Crippen molar-refractivity contribution in [3.8, 4) is 0 Å². The fraction of sp³-hybridized carbons (Fsp3) is 0.152. The van der Waals surface area contributed by atoms with Crippen LogP contribution in [-0.4, -0.2) is 28.9 Å². The summed E-state index contributed by atoms with van der Waals surface area (Å²) in [6.45, 7) is 1.89. The van der Waals surface area contributed by atoms with E-state index in [9.17, 15) is 24.5 Å². The van der Waals surface area contributed by atoms with Gasteiger partial charge in [0.2, 0.25) is 11.8 Å². The van der Waals surface area contributed by atoms with Gasteiger partial charge >= 0.3 is 0 Å². The van der Waals surface area contributed by atoms with Crippen LogP contribution in [0.5, 0.6) is 0 Å². The fourth-order valence-electron chi connectivity index (χ4n) is 7.14. The lowest BCUT2D eigenvalue weighted by Gasteiger charge is -2.52. The molecule has 0 unspecified atom stereocenters. The minimum Gasteiger partial charge on any atom is -0.274 e. The lowest BCUT2D eigenvalue weighted by molar-refractivity contribution is -0.384. The van der Waals surface area contributed by atoms with Crippen molar-refractivity contribution >= 4 is 35.3 Å². The zero-order valence-electron chi connectivity index (χ0n) is 22.4. The van der Waals surface area contributed by atoms with Gasteiger partial charge in [0.15, 0.2) is 0 Å². The maximum absolute atomic E-state index is 14.4. The Balaban J connectivity index is 1.41. The van der Waals surface area contributed by atoms with Crippen LogP contribution in [0.2, 0.25) is 0 Å². The van der Waals surface area contributed by atoms with E-state index in [-0.39, 0.29) is 11.4 Å². The zero-order chi connectivity index (χ0) is 29.2. The van der Waals surface area contributed by atoms with Crippen LogP contribution in [0.15, 0.2) is 102 Å². The van der Waals surface area contributed by atoms with Gasteiger partial charge < -0.3 is 0 Å². The molecule has 206 valence electrons. The summed E-state index contributed by atoms with van der Waals surface area (Å²) in [7, 11) is 0. The van der Waals surface area contributed by atoms with E-state index in [1.54, 1.807) is 30.5 Å². The number of anilines is 1. The quantitative estimate of drug-likeness (QED) is 0.163. The van der Waals surface area contributed by atoms with Crippen molar-refractivity contribution < 1.29 is 19.3 Å². The second-order valence-corrected chi connectivity index (χ2v) is 10.9. The molecule has 1 saturated heterocycles. The Labute approximate surface area is 240 Å². The molecule has 4 aromatic rings. The van der Waals surface area contributed by atoms with Gasteiger partial charge in [-0.3, -0.25) is 24.5 Å². The Bertz CT molecular complexity index is 1820. The summed E-state index contributed by atoms with van der Waals surface area (Å²) >= 11 is 0. The number of benzene rings is 4. The highest BCUT2D eigenvalue weighted by Gasteiger charge is 2.68. The van der Waals surface area contributed by atoms with Crippen molar-refractivity contribution in [2.45, 2.75) is 18.3 Å². The van der Waals surface area contributed by atoms with Gasteiger partial charge in [-0.15, -0.1) is 0 Å². The highest BCUT2D eigenvalue weighted by molar-refractivity contribution is 6.25. The summed E-state index contributed by atoms with van der Waals surface area (Å²) in [5.41, 5.74) is 5.79. The van der Waals surface area contributed by atoms with Crippen molar-refractivity contribution in [1.29, 1.82) is 0 Å². The van der Waals surface area contributed by atoms with Crippen LogP contribution < -0.4 is 10.3 Å². The number of rotatable bonds is 5. The number of nitro benzene ring substituents is 1. The molecule has 3 amide bonds. The summed E-state index contributed by atoms with van der Waals surface area (Å²) in [4.78, 5) is 54.0. The van der Waals surface area contributed by atoms with E-state index in [1.807, 2.05) is 61.5 Å². The normalized spacial score (nSPS) is 23.5. The zero-order valence-corrected chi connectivity index (χ0v) is 22.4. The standard InChI is InChI=1S/C33H24N4O5/c1-19-9-8-10-20(17-19)30(38)35-34-18-33-23-13-4-2-11-21(23)27(22-12-3-5-14-24(22)33)28-29(33)32(40)36(31(28)39)25-15-6-7-16-26(25)37(41)42/h2-18,27-29H,1H3,(H,35,38)/b34-18+/t27?,28-,29+,33?/m1/s1. The van der Waals surface area contributed by atoms with Gasteiger partial charge in [0.1, 0.15) is 5.69 Å². The molecule has 1 heterocycles. The van der Waals surface area contributed by atoms with E-state index in [0.717, 1.165) is 32.7 Å². The van der Waals surface area contributed by atoms with Gasteiger partial charge in [-0.1, -0.05) is 78.4 Å². The van der Waals surface area contributed by atoms with Crippen molar-refractivity contribution in [2.24, 2.45) is 16.9 Å². The topological polar surface area (TPSA) is 122 Å². The Morgan fingerprint density at radius 3 is 2.21 bits per heavy atom. The summed E-state index contributed by atoms with van der Waals surface area (Å²) in [6, 6.07) is 28.2. The average Bonchev–Trinajstić information content (AvgIpc) is 3.27. The molecule has 0 aromatic heterocycles. The smallest absolute Gasteiger partial charge is 0.274 e. The number of hydrogen-bond donors (Lipinski definition) is 1. The van der Waals surface area contributed by atoms with Crippen LogP contribution in [0.4, 0.5) is 11.4 Å². The van der Waals surface area contributed by atoms with Gasteiger partial charge in [0.05, 0.1) is 22.2 Å². The molecule has 8 rings (SSSR count). The molecule has 4 aliphatic rings. The molecular weight excluding hydrogens is 532 g/mol. The first kappa shape index (κ1) is 25.5. The minimum absolute atomic E-state index is 0.0562. The molecular formula is C33H24N4O5. The van der Waals surface area contributed by atoms with Crippen LogP contribution in [0, 0.1) is 28.9 Å². The first-order valence-electron chi connectivity index (χ1n) is 13.6. The van der Waals surface area contributed by atoms with Crippen molar-refractivity contribution in [3.05, 3.63) is 141 Å². The molecule has 4 aromatic carbocycles. The Morgan fingerprint density at radius 2 is 1.55 bits per heavy atom. The number of nitrogens with zero attached hydrogens (tertiary/aromatic N) is 3. The predicted octanol–water partition coefficient (Wildman–Crippen LogP) is 4.87. The molecule has 0 radical (unpaired) electrons. The predicted molar refractivity (Wildman–Crippen MR) is 155 cm³/mol. The van der Waals surface area contributed by atoms with E-state index >= 15 is 0 Å². The van der Waals surface area contributed by atoms with Gasteiger partial charge in [-0.25, -0.2) is 10.3 Å². The number of nitro groups is 1. The number of hydrazone groups is 1. The molecule has 3 aliphatic carbocycles. The van der Waals surface area contributed by atoms with E-state index in [0.29, 0.717) is 5.56 Å². The summed E-state index contributed by atoms with van der Waals surface area (Å²) in [5, 5.41) is 16.3. The second-order valence-electron chi connectivity index (χ2n) is 10.9. The van der Waals surface area contributed by atoms with Gasteiger partial charge in [-0.2, -0.15) is 5.10 Å². The second kappa shape index (κ2) is 9.31. The Hall–Kier alpha value is -5.44. The Morgan fingerprint density at radius 1 is 0.905 bits per heavy atom. The lowest BCUT2D eigenvalue weighted by atomic mass is 9.47. The first-order chi connectivity index (χ1) is 20.3. The van der Waals surface area contributed by atoms with Crippen LogP contribution in [0.25, 0.3) is 0 Å². The number of amides is 3. The van der Waals surface area contributed by atoms with E-state index in [1.165, 1.54) is 18.2 Å². The number of carbonyl (C=O) groups is 3. The minimum atomic E-state index is -1.21. The maximum Gasteiger partial charge on any atom is 0.293 e. The highest BCUT2D eigenvalue weighted by Crippen LogP contribution is 2.63. The molecule has 2 bridgehead atoms.